The third-order valence-electron chi connectivity index (χ3n) is 13.7. The standard InChI is InChI=1S/C32H50O5/c1-18-9-12-28(4)15-16-30(6)21(25(28)19(18)2)17-22(34)26-29(5)13-11-24(37-20(3)33)32(8,27(35)36)23(29)10-14-31(26,30)7/h17-19,22-26,34H,9-16H2,1-8H3,(H,35,36)/t18-,19+,22-,23+,24-,25-,26-,28-,29+,30-,31-,32-/m1/s1. The molecule has 0 amide bonds. The minimum absolute atomic E-state index is 0.00721. The third-order valence-corrected chi connectivity index (χ3v) is 13.7. The predicted octanol–water partition coefficient (Wildman–Crippen LogP) is 6.63. The molecule has 5 rings (SSSR count). The maximum absolute atomic E-state index is 12.9. The van der Waals surface area contributed by atoms with Gasteiger partial charge in [-0.25, -0.2) is 0 Å². The summed E-state index contributed by atoms with van der Waals surface area (Å²) in [6.45, 7) is 17.6. The van der Waals surface area contributed by atoms with E-state index < -0.39 is 29.6 Å². The van der Waals surface area contributed by atoms with E-state index in [9.17, 15) is 19.8 Å². The van der Waals surface area contributed by atoms with Crippen LogP contribution < -0.4 is 0 Å². The van der Waals surface area contributed by atoms with Gasteiger partial charge in [0.15, 0.2) is 0 Å². The number of aliphatic hydroxyl groups excluding tert-OH is 1. The summed E-state index contributed by atoms with van der Waals surface area (Å²) in [5.74, 6) is 0.292. The molecule has 12 atom stereocenters. The van der Waals surface area contributed by atoms with Crippen LogP contribution in [0.3, 0.4) is 0 Å². The van der Waals surface area contributed by atoms with Crippen molar-refractivity contribution in [3.63, 3.8) is 0 Å². The molecule has 5 heteroatoms. The Morgan fingerprint density at radius 1 is 0.946 bits per heavy atom. The molecule has 37 heavy (non-hydrogen) atoms. The smallest absolute Gasteiger partial charge is 0.313 e. The molecule has 0 radical (unpaired) electrons. The van der Waals surface area contributed by atoms with Crippen LogP contribution in [0.1, 0.15) is 107 Å². The molecule has 0 aromatic carbocycles. The van der Waals surface area contributed by atoms with E-state index >= 15 is 0 Å². The number of carbonyl (C=O) groups excluding carboxylic acids is 1. The van der Waals surface area contributed by atoms with Crippen molar-refractivity contribution in [2.75, 3.05) is 0 Å². The van der Waals surface area contributed by atoms with Crippen LogP contribution in [-0.4, -0.2) is 34.4 Å². The van der Waals surface area contributed by atoms with E-state index in [-0.39, 0.29) is 28.1 Å². The van der Waals surface area contributed by atoms with Crippen LogP contribution in [0, 0.1) is 56.7 Å². The van der Waals surface area contributed by atoms with E-state index in [0.717, 1.165) is 25.7 Å². The van der Waals surface area contributed by atoms with E-state index in [4.69, 9.17) is 4.74 Å². The van der Waals surface area contributed by atoms with Gasteiger partial charge < -0.3 is 14.9 Å². The summed E-state index contributed by atoms with van der Waals surface area (Å²) in [5.41, 5.74) is 0.161. The zero-order chi connectivity index (χ0) is 27.3. The molecule has 0 bridgehead atoms. The van der Waals surface area contributed by atoms with Gasteiger partial charge in [-0.05, 0) is 104 Å². The van der Waals surface area contributed by atoms with Crippen molar-refractivity contribution in [2.24, 2.45) is 56.7 Å². The molecule has 4 saturated carbocycles. The van der Waals surface area contributed by atoms with Crippen molar-refractivity contribution < 1.29 is 24.5 Å². The van der Waals surface area contributed by atoms with Crippen LogP contribution in [0.4, 0.5) is 0 Å². The van der Waals surface area contributed by atoms with Crippen LogP contribution in [-0.2, 0) is 14.3 Å². The largest absolute Gasteiger partial charge is 0.481 e. The number of rotatable bonds is 2. The van der Waals surface area contributed by atoms with Crippen molar-refractivity contribution in [1.82, 2.24) is 0 Å². The van der Waals surface area contributed by atoms with Crippen LogP contribution in [0.15, 0.2) is 11.6 Å². The zero-order valence-corrected chi connectivity index (χ0v) is 24.4. The number of fused-ring (bicyclic) bond motifs is 7. The number of esters is 1. The topological polar surface area (TPSA) is 83.8 Å². The van der Waals surface area contributed by atoms with Gasteiger partial charge in [0, 0.05) is 12.8 Å². The predicted molar refractivity (Wildman–Crippen MR) is 144 cm³/mol. The van der Waals surface area contributed by atoms with Crippen molar-refractivity contribution in [2.45, 2.75) is 119 Å². The molecule has 5 aliphatic rings. The van der Waals surface area contributed by atoms with Crippen molar-refractivity contribution >= 4 is 11.9 Å². The summed E-state index contributed by atoms with van der Waals surface area (Å²) >= 11 is 0. The number of hydrogen-bond donors (Lipinski definition) is 2. The van der Waals surface area contributed by atoms with Gasteiger partial charge >= 0.3 is 11.9 Å². The van der Waals surface area contributed by atoms with E-state index in [0.29, 0.717) is 29.6 Å². The summed E-state index contributed by atoms with van der Waals surface area (Å²) in [4.78, 5) is 24.8. The molecular weight excluding hydrogens is 464 g/mol. The van der Waals surface area contributed by atoms with Crippen LogP contribution in [0.2, 0.25) is 0 Å². The molecule has 208 valence electrons. The third kappa shape index (κ3) is 3.37. The van der Waals surface area contributed by atoms with Crippen LogP contribution in [0.25, 0.3) is 0 Å². The molecule has 0 saturated heterocycles. The monoisotopic (exact) mass is 514 g/mol. The van der Waals surface area contributed by atoms with Gasteiger partial charge in [-0.2, -0.15) is 0 Å². The van der Waals surface area contributed by atoms with Gasteiger partial charge in [-0.1, -0.05) is 53.2 Å². The number of aliphatic carboxylic acids is 1. The summed E-state index contributed by atoms with van der Waals surface area (Å²) in [6, 6.07) is 0. The number of hydrogen-bond acceptors (Lipinski definition) is 4. The lowest BCUT2D eigenvalue weighted by atomic mass is 9.33. The molecule has 0 unspecified atom stereocenters. The van der Waals surface area contributed by atoms with Gasteiger partial charge in [-0.15, -0.1) is 0 Å². The lowest BCUT2D eigenvalue weighted by molar-refractivity contribution is -0.237. The number of ether oxygens (including phenoxy) is 1. The SMILES string of the molecule is CC(=O)O[C@@H]1CC[C@]2(C)[C@H]3[C@H](O)C=C4[C@H]5[C@@H](C)[C@H](C)CC[C@]5(C)CC[C@@]4(C)[C@]3(C)CC[C@@H]2[C@@]1(C)C(=O)O. The fourth-order valence-corrected chi connectivity index (χ4v) is 11.3. The van der Waals surface area contributed by atoms with Crippen LogP contribution in [0.5, 0.6) is 0 Å². The average molecular weight is 515 g/mol. The molecular formula is C32H50O5. The molecule has 5 aliphatic carbocycles. The van der Waals surface area contributed by atoms with Crippen molar-refractivity contribution in [1.29, 1.82) is 0 Å². The Bertz CT molecular complexity index is 1020. The minimum atomic E-state index is -1.16. The Morgan fingerprint density at radius 3 is 2.24 bits per heavy atom. The summed E-state index contributed by atoms with van der Waals surface area (Å²) in [7, 11) is 0. The lowest BCUT2D eigenvalue weighted by Crippen LogP contribution is -2.69. The number of carboxylic acid groups (broad SMARTS) is 1. The summed E-state index contributed by atoms with van der Waals surface area (Å²) < 4.78 is 5.65. The van der Waals surface area contributed by atoms with E-state index in [1.165, 1.54) is 31.8 Å². The zero-order valence-electron chi connectivity index (χ0n) is 24.4. The fraction of sp³-hybridized carbons (Fsp3) is 0.875. The Hall–Kier alpha value is -1.36. The summed E-state index contributed by atoms with van der Waals surface area (Å²) in [5, 5.41) is 22.6. The maximum Gasteiger partial charge on any atom is 0.313 e. The van der Waals surface area contributed by atoms with Gasteiger partial charge in [0.25, 0.3) is 0 Å². The highest BCUT2D eigenvalue weighted by molar-refractivity contribution is 5.77. The lowest BCUT2D eigenvalue weighted by Gasteiger charge is -2.72. The molecule has 2 N–H and O–H groups in total. The van der Waals surface area contributed by atoms with Gasteiger partial charge in [-0.3, -0.25) is 9.59 Å². The summed E-state index contributed by atoms with van der Waals surface area (Å²) in [6.07, 6.45) is 8.93. The van der Waals surface area contributed by atoms with E-state index in [1.54, 1.807) is 6.92 Å². The highest BCUT2D eigenvalue weighted by Gasteiger charge is 2.72. The van der Waals surface area contributed by atoms with Crippen LogP contribution >= 0.6 is 0 Å². The van der Waals surface area contributed by atoms with Crippen molar-refractivity contribution in [3.05, 3.63) is 11.6 Å². The highest BCUT2D eigenvalue weighted by atomic mass is 16.5. The minimum Gasteiger partial charge on any atom is -0.481 e. The Labute approximate surface area is 223 Å². The first-order valence-electron chi connectivity index (χ1n) is 14.9. The number of allylic oxidation sites excluding steroid dienone is 1. The second kappa shape index (κ2) is 8.32. The van der Waals surface area contributed by atoms with E-state index in [2.05, 4.69) is 47.6 Å². The second-order valence-corrected chi connectivity index (χ2v) is 15.2. The Kier molecular flexibility index (Phi) is 6.12. The average Bonchev–Trinajstić information content (AvgIpc) is 2.79. The molecule has 5 nitrogen and oxygen atoms in total. The van der Waals surface area contributed by atoms with Gasteiger partial charge in [0.1, 0.15) is 11.5 Å². The quantitative estimate of drug-likeness (QED) is 0.319. The second-order valence-electron chi connectivity index (χ2n) is 15.2. The first-order chi connectivity index (χ1) is 17.1. The highest BCUT2D eigenvalue weighted by Crippen LogP contribution is 2.75. The van der Waals surface area contributed by atoms with Crippen molar-refractivity contribution in [3.8, 4) is 0 Å². The molecule has 0 aromatic rings. The van der Waals surface area contributed by atoms with Gasteiger partial charge in [0.05, 0.1) is 6.10 Å². The number of aliphatic hydroxyl groups is 1. The van der Waals surface area contributed by atoms with E-state index in [1.807, 2.05) is 0 Å². The molecule has 4 fully saturated rings. The Morgan fingerprint density at radius 2 is 1.62 bits per heavy atom. The fourth-order valence-electron chi connectivity index (χ4n) is 11.3. The molecule has 0 heterocycles. The van der Waals surface area contributed by atoms with Gasteiger partial charge in [0.2, 0.25) is 0 Å². The normalized spacial score (nSPS) is 55.1. The number of carboxylic acids is 1. The number of carbonyl (C=O) groups is 2. The first kappa shape index (κ1) is 27.2. The molecule has 0 aliphatic heterocycles. The first-order valence-corrected chi connectivity index (χ1v) is 14.9. The maximum atomic E-state index is 12.9. The molecule has 0 aromatic heterocycles. The Balaban J connectivity index is 1.61. The molecule has 0 spiro atoms.